The second-order valence-electron chi connectivity index (χ2n) is 4.23. The Bertz CT molecular complexity index is 481. The Balaban J connectivity index is 2.18. The molecule has 0 spiro atoms. The number of aromatic nitrogens is 2. The monoisotopic (exact) mass is 201 g/mol. The zero-order valence-electron chi connectivity index (χ0n) is 8.90. The smallest absolute Gasteiger partial charge is 0.137 e. The summed E-state index contributed by atoms with van der Waals surface area (Å²) in [4.78, 5) is 4.46. The summed E-state index contributed by atoms with van der Waals surface area (Å²) in [6.45, 7) is 4.35. The van der Waals surface area contributed by atoms with E-state index in [0.717, 1.165) is 18.7 Å². The number of nitrogens with one attached hydrogen (secondary N) is 1. The van der Waals surface area contributed by atoms with Crippen molar-refractivity contribution in [2.24, 2.45) is 0 Å². The first kappa shape index (κ1) is 8.92. The van der Waals surface area contributed by atoms with Crippen LogP contribution in [0, 0.1) is 6.92 Å². The minimum atomic E-state index is 0.626. The highest BCUT2D eigenvalue weighted by Gasteiger charge is 2.20. The molecule has 2 aromatic rings. The molecule has 15 heavy (non-hydrogen) atoms. The Hall–Kier alpha value is -1.35. The topological polar surface area (TPSA) is 29.3 Å². The van der Waals surface area contributed by atoms with Crippen LogP contribution in [-0.4, -0.2) is 22.5 Å². The molecule has 1 saturated heterocycles. The molecule has 0 aromatic carbocycles. The fourth-order valence-corrected chi connectivity index (χ4v) is 2.42. The van der Waals surface area contributed by atoms with Crippen LogP contribution in [0.15, 0.2) is 24.4 Å². The first-order valence-corrected chi connectivity index (χ1v) is 5.50. The molecule has 0 aliphatic carbocycles. The van der Waals surface area contributed by atoms with Crippen molar-refractivity contribution in [1.82, 2.24) is 14.7 Å². The molecule has 3 heterocycles. The van der Waals surface area contributed by atoms with Gasteiger partial charge in [0, 0.05) is 30.0 Å². The molecule has 3 nitrogen and oxygen atoms in total. The summed E-state index contributed by atoms with van der Waals surface area (Å²) in [5.74, 6) is 0.626. The summed E-state index contributed by atoms with van der Waals surface area (Å²) < 4.78 is 2.28. The van der Waals surface area contributed by atoms with E-state index in [2.05, 4.69) is 39.8 Å². The molecule has 1 N–H and O–H groups in total. The van der Waals surface area contributed by atoms with Crippen LogP contribution >= 0.6 is 0 Å². The van der Waals surface area contributed by atoms with Crippen LogP contribution in [0.25, 0.3) is 5.65 Å². The largest absolute Gasteiger partial charge is 0.316 e. The second kappa shape index (κ2) is 3.35. The lowest BCUT2D eigenvalue weighted by Gasteiger charge is -2.10. The van der Waals surface area contributed by atoms with Crippen molar-refractivity contribution in [3.8, 4) is 0 Å². The Morgan fingerprint density at radius 2 is 2.40 bits per heavy atom. The molecular weight excluding hydrogens is 186 g/mol. The van der Waals surface area contributed by atoms with Gasteiger partial charge in [-0.2, -0.15) is 0 Å². The Labute approximate surface area is 89.1 Å². The third kappa shape index (κ3) is 1.35. The van der Waals surface area contributed by atoms with Crippen LogP contribution in [-0.2, 0) is 0 Å². The third-order valence-corrected chi connectivity index (χ3v) is 3.23. The van der Waals surface area contributed by atoms with Gasteiger partial charge in [0.1, 0.15) is 5.65 Å². The maximum absolute atomic E-state index is 4.46. The highest BCUT2D eigenvalue weighted by atomic mass is 15.0. The van der Waals surface area contributed by atoms with E-state index in [9.17, 15) is 0 Å². The molecule has 3 heteroatoms. The van der Waals surface area contributed by atoms with Crippen molar-refractivity contribution in [3.05, 3.63) is 35.8 Å². The number of hydrogen-bond acceptors (Lipinski definition) is 2. The number of fused-ring (bicyclic) bond motifs is 1. The van der Waals surface area contributed by atoms with Gasteiger partial charge in [-0.05, 0) is 32.0 Å². The fraction of sp³-hybridized carbons (Fsp3) is 0.417. The number of pyridine rings is 1. The Kier molecular flexibility index (Phi) is 1.99. The number of nitrogens with zero attached hydrogens (tertiary/aromatic N) is 2. The van der Waals surface area contributed by atoms with Crippen LogP contribution in [0.4, 0.5) is 0 Å². The quantitative estimate of drug-likeness (QED) is 0.761. The molecule has 0 bridgehead atoms. The van der Waals surface area contributed by atoms with Gasteiger partial charge in [0.25, 0.3) is 0 Å². The summed E-state index contributed by atoms with van der Waals surface area (Å²) in [5, 5.41) is 3.40. The minimum absolute atomic E-state index is 0.626. The molecule has 3 rings (SSSR count). The Morgan fingerprint density at radius 3 is 3.20 bits per heavy atom. The van der Waals surface area contributed by atoms with E-state index >= 15 is 0 Å². The summed E-state index contributed by atoms with van der Waals surface area (Å²) in [6, 6.07) is 6.27. The number of imidazole rings is 1. The summed E-state index contributed by atoms with van der Waals surface area (Å²) in [6.07, 6.45) is 3.25. The minimum Gasteiger partial charge on any atom is -0.316 e. The standard InChI is InChI=1S/C12H15N3/c1-9-3-2-4-12-14-8-11(15(9)12)10-5-6-13-7-10/h2-4,8,10,13H,5-7H2,1H3. The van der Waals surface area contributed by atoms with Crippen molar-refractivity contribution in [2.75, 3.05) is 13.1 Å². The van der Waals surface area contributed by atoms with Gasteiger partial charge in [-0.15, -0.1) is 0 Å². The van der Waals surface area contributed by atoms with E-state index in [0.29, 0.717) is 5.92 Å². The summed E-state index contributed by atoms with van der Waals surface area (Å²) in [7, 11) is 0. The SMILES string of the molecule is Cc1cccc2ncc(C3CCNC3)n12. The summed E-state index contributed by atoms with van der Waals surface area (Å²) in [5.41, 5.74) is 3.69. The molecule has 1 aliphatic heterocycles. The Morgan fingerprint density at radius 1 is 1.47 bits per heavy atom. The van der Waals surface area contributed by atoms with Crippen molar-refractivity contribution in [1.29, 1.82) is 0 Å². The van der Waals surface area contributed by atoms with E-state index in [4.69, 9.17) is 0 Å². The van der Waals surface area contributed by atoms with Crippen molar-refractivity contribution in [3.63, 3.8) is 0 Å². The zero-order valence-corrected chi connectivity index (χ0v) is 8.90. The average molecular weight is 201 g/mol. The molecular formula is C12H15N3. The van der Waals surface area contributed by atoms with Crippen LogP contribution in [0.3, 0.4) is 0 Å². The van der Waals surface area contributed by atoms with Gasteiger partial charge < -0.3 is 9.72 Å². The zero-order chi connectivity index (χ0) is 10.3. The third-order valence-electron chi connectivity index (χ3n) is 3.23. The lowest BCUT2D eigenvalue weighted by molar-refractivity contribution is 0.721. The molecule has 0 amide bonds. The van der Waals surface area contributed by atoms with Gasteiger partial charge in [0.05, 0.1) is 0 Å². The van der Waals surface area contributed by atoms with Gasteiger partial charge >= 0.3 is 0 Å². The van der Waals surface area contributed by atoms with Crippen LogP contribution in [0.1, 0.15) is 23.7 Å². The second-order valence-corrected chi connectivity index (χ2v) is 4.23. The molecule has 78 valence electrons. The number of aryl methyl sites for hydroxylation is 1. The van der Waals surface area contributed by atoms with E-state index in [1.54, 1.807) is 0 Å². The van der Waals surface area contributed by atoms with Gasteiger partial charge in [0.2, 0.25) is 0 Å². The molecule has 0 saturated carbocycles. The lowest BCUT2D eigenvalue weighted by atomic mass is 10.1. The fourth-order valence-electron chi connectivity index (χ4n) is 2.42. The van der Waals surface area contributed by atoms with Gasteiger partial charge in [0.15, 0.2) is 0 Å². The van der Waals surface area contributed by atoms with Crippen LogP contribution in [0.2, 0.25) is 0 Å². The first-order chi connectivity index (χ1) is 7.36. The molecule has 1 fully saturated rings. The first-order valence-electron chi connectivity index (χ1n) is 5.50. The molecule has 1 aliphatic rings. The maximum Gasteiger partial charge on any atom is 0.137 e. The highest BCUT2D eigenvalue weighted by molar-refractivity contribution is 5.43. The molecule has 1 unspecified atom stereocenters. The van der Waals surface area contributed by atoms with Crippen LogP contribution in [0.5, 0.6) is 0 Å². The van der Waals surface area contributed by atoms with E-state index in [-0.39, 0.29) is 0 Å². The van der Waals surface area contributed by atoms with Crippen LogP contribution < -0.4 is 5.32 Å². The van der Waals surface area contributed by atoms with Crippen molar-refractivity contribution in [2.45, 2.75) is 19.3 Å². The maximum atomic E-state index is 4.46. The predicted octanol–water partition coefficient (Wildman–Crippen LogP) is 1.72. The van der Waals surface area contributed by atoms with E-state index in [1.165, 1.54) is 17.8 Å². The van der Waals surface area contributed by atoms with Gasteiger partial charge in [-0.25, -0.2) is 4.98 Å². The van der Waals surface area contributed by atoms with Crippen molar-refractivity contribution >= 4 is 5.65 Å². The molecule has 1 atom stereocenters. The highest BCUT2D eigenvalue weighted by Crippen LogP contribution is 2.24. The number of hydrogen-bond donors (Lipinski definition) is 1. The average Bonchev–Trinajstić information content (AvgIpc) is 2.85. The van der Waals surface area contributed by atoms with Gasteiger partial charge in [-0.1, -0.05) is 6.07 Å². The summed E-state index contributed by atoms with van der Waals surface area (Å²) >= 11 is 0. The molecule has 2 aromatic heterocycles. The van der Waals surface area contributed by atoms with E-state index < -0.39 is 0 Å². The molecule has 0 radical (unpaired) electrons. The normalized spacial score (nSPS) is 21.3. The van der Waals surface area contributed by atoms with E-state index in [1.807, 2.05) is 6.20 Å². The van der Waals surface area contributed by atoms with Crippen molar-refractivity contribution < 1.29 is 0 Å². The lowest BCUT2D eigenvalue weighted by Crippen LogP contribution is -2.09. The van der Waals surface area contributed by atoms with Gasteiger partial charge in [-0.3, -0.25) is 0 Å². The number of rotatable bonds is 1. The predicted molar refractivity (Wildman–Crippen MR) is 60.2 cm³/mol.